The summed E-state index contributed by atoms with van der Waals surface area (Å²) >= 11 is 0. The number of aryl methyl sites for hydroxylation is 1. The second-order valence-corrected chi connectivity index (χ2v) is 8.18. The van der Waals surface area contributed by atoms with Crippen LogP contribution in [0.3, 0.4) is 0 Å². The zero-order valence-corrected chi connectivity index (χ0v) is 17.5. The van der Waals surface area contributed by atoms with E-state index in [9.17, 15) is 15.0 Å². The predicted molar refractivity (Wildman–Crippen MR) is 117 cm³/mol. The van der Waals surface area contributed by atoms with Crippen LogP contribution in [0.5, 0.6) is 0 Å². The summed E-state index contributed by atoms with van der Waals surface area (Å²) in [6, 6.07) is 10.5. The molecule has 1 unspecified atom stereocenters. The Labute approximate surface area is 175 Å². The van der Waals surface area contributed by atoms with Crippen LogP contribution in [0.2, 0.25) is 0 Å². The van der Waals surface area contributed by atoms with Gasteiger partial charge >= 0.3 is 5.97 Å². The molecule has 0 aromatic heterocycles. The SMILES string of the molecule is CCC(/C=C/[C@@H]1[C@@H](C/C=C\CCCC(=O)O)[C@@H](O)C[C@H]1O)CCc1ccccc1. The van der Waals surface area contributed by atoms with E-state index in [2.05, 4.69) is 43.3 Å². The molecule has 4 nitrogen and oxygen atoms in total. The zero-order valence-electron chi connectivity index (χ0n) is 17.5. The monoisotopic (exact) mass is 400 g/mol. The molecule has 1 saturated carbocycles. The predicted octanol–water partition coefficient (Wildman–Crippen LogP) is 4.76. The Kier molecular flexibility index (Phi) is 10.2. The third-order valence-corrected chi connectivity index (χ3v) is 6.03. The number of allylic oxidation sites excluding steroid dienone is 3. The average Bonchev–Trinajstić information content (AvgIpc) is 2.98. The zero-order chi connectivity index (χ0) is 21.1. The third kappa shape index (κ3) is 8.15. The molecule has 4 heteroatoms. The summed E-state index contributed by atoms with van der Waals surface area (Å²) in [7, 11) is 0. The van der Waals surface area contributed by atoms with Crippen molar-refractivity contribution in [3.05, 3.63) is 60.2 Å². The first-order valence-electron chi connectivity index (χ1n) is 11.0. The maximum Gasteiger partial charge on any atom is 0.303 e. The van der Waals surface area contributed by atoms with Crippen molar-refractivity contribution in [1.29, 1.82) is 0 Å². The minimum atomic E-state index is -0.768. The molecule has 1 aliphatic rings. The Balaban J connectivity index is 1.87. The van der Waals surface area contributed by atoms with Gasteiger partial charge in [0.25, 0.3) is 0 Å². The second-order valence-electron chi connectivity index (χ2n) is 8.18. The molecular weight excluding hydrogens is 364 g/mol. The van der Waals surface area contributed by atoms with Gasteiger partial charge in [-0.05, 0) is 55.9 Å². The van der Waals surface area contributed by atoms with Crippen LogP contribution in [-0.4, -0.2) is 33.5 Å². The second kappa shape index (κ2) is 12.6. The minimum absolute atomic E-state index is 0.0172. The lowest BCUT2D eigenvalue weighted by Crippen LogP contribution is -2.20. The van der Waals surface area contributed by atoms with Crippen molar-refractivity contribution in [1.82, 2.24) is 0 Å². The third-order valence-electron chi connectivity index (χ3n) is 6.03. The molecule has 2 rings (SSSR count). The fraction of sp³-hybridized carbons (Fsp3) is 0.560. The van der Waals surface area contributed by atoms with Crippen molar-refractivity contribution in [3.8, 4) is 0 Å². The number of carboxylic acids is 1. The molecule has 29 heavy (non-hydrogen) atoms. The van der Waals surface area contributed by atoms with Gasteiger partial charge in [0.15, 0.2) is 0 Å². The largest absolute Gasteiger partial charge is 0.481 e. The average molecular weight is 401 g/mol. The number of aliphatic hydroxyl groups excluding tert-OH is 2. The van der Waals surface area contributed by atoms with E-state index in [0.29, 0.717) is 25.2 Å². The van der Waals surface area contributed by atoms with E-state index in [4.69, 9.17) is 5.11 Å². The van der Waals surface area contributed by atoms with Crippen molar-refractivity contribution in [2.45, 2.75) is 70.5 Å². The van der Waals surface area contributed by atoms with E-state index in [0.717, 1.165) is 25.7 Å². The highest BCUT2D eigenvalue weighted by atomic mass is 16.4. The fourth-order valence-electron chi connectivity index (χ4n) is 4.17. The van der Waals surface area contributed by atoms with Gasteiger partial charge in [-0.3, -0.25) is 4.79 Å². The number of carboxylic acid groups (broad SMARTS) is 1. The number of aliphatic carboxylic acids is 1. The Hall–Kier alpha value is -1.91. The highest BCUT2D eigenvalue weighted by Gasteiger charge is 2.39. The van der Waals surface area contributed by atoms with Crippen molar-refractivity contribution >= 4 is 5.97 Å². The summed E-state index contributed by atoms with van der Waals surface area (Å²) in [5.74, 6) is -0.314. The molecular formula is C25H36O4. The summed E-state index contributed by atoms with van der Waals surface area (Å²) in [5, 5.41) is 29.5. The van der Waals surface area contributed by atoms with Crippen molar-refractivity contribution in [2.75, 3.05) is 0 Å². The van der Waals surface area contributed by atoms with Crippen LogP contribution in [0.15, 0.2) is 54.6 Å². The summed E-state index contributed by atoms with van der Waals surface area (Å²) < 4.78 is 0. The van der Waals surface area contributed by atoms with Crippen molar-refractivity contribution in [2.24, 2.45) is 17.8 Å². The van der Waals surface area contributed by atoms with Gasteiger partial charge in [-0.2, -0.15) is 0 Å². The van der Waals surface area contributed by atoms with E-state index in [1.807, 2.05) is 18.2 Å². The van der Waals surface area contributed by atoms with E-state index < -0.39 is 18.2 Å². The van der Waals surface area contributed by atoms with Crippen molar-refractivity contribution in [3.63, 3.8) is 0 Å². The first-order valence-corrected chi connectivity index (χ1v) is 11.0. The lowest BCUT2D eigenvalue weighted by molar-refractivity contribution is -0.137. The molecule has 0 amide bonds. The first-order chi connectivity index (χ1) is 14.0. The molecule has 0 bridgehead atoms. The number of carbonyl (C=O) groups is 1. The normalized spacial score (nSPS) is 25.8. The topological polar surface area (TPSA) is 77.8 Å². The number of hydrogen-bond donors (Lipinski definition) is 3. The number of benzene rings is 1. The molecule has 0 heterocycles. The molecule has 160 valence electrons. The number of hydrogen-bond acceptors (Lipinski definition) is 3. The lowest BCUT2D eigenvalue weighted by atomic mass is 9.88. The molecule has 1 fully saturated rings. The van der Waals surface area contributed by atoms with Crippen LogP contribution in [0.4, 0.5) is 0 Å². The number of rotatable bonds is 12. The summed E-state index contributed by atoms with van der Waals surface area (Å²) in [5.41, 5.74) is 1.35. The van der Waals surface area contributed by atoms with Crippen LogP contribution >= 0.6 is 0 Å². The van der Waals surface area contributed by atoms with Crippen LogP contribution in [0.25, 0.3) is 0 Å². The van der Waals surface area contributed by atoms with Gasteiger partial charge in [0.2, 0.25) is 0 Å². The quantitative estimate of drug-likeness (QED) is 0.349. The van der Waals surface area contributed by atoms with Gasteiger partial charge in [0, 0.05) is 18.8 Å². The van der Waals surface area contributed by atoms with Crippen LogP contribution in [0, 0.1) is 17.8 Å². The smallest absolute Gasteiger partial charge is 0.303 e. The molecule has 0 radical (unpaired) electrons. The van der Waals surface area contributed by atoms with E-state index >= 15 is 0 Å². The van der Waals surface area contributed by atoms with Gasteiger partial charge in [0.05, 0.1) is 12.2 Å². The Morgan fingerprint density at radius 2 is 1.93 bits per heavy atom. The van der Waals surface area contributed by atoms with Gasteiger partial charge in [-0.25, -0.2) is 0 Å². The molecule has 1 aromatic carbocycles. The molecule has 3 N–H and O–H groups in total. The molecule has 1 aromatic rings. The Morgan fingerprint density at radius 1 is 1.17 bits per heavy atom. The highest BCUT2D eigenvalue weighted by Crippen LogP contribution is 2.36. The molecule has 0 saturated heterocycles. The van der Waals surface area contributed by atoms with Gasteiger partial charge < -0.3 is 15.3 Å². The summed E-state index contributed by atoms with van der Waals surface area (Å²) in [6.45, 7) is 2.19. The molecule has 1 aliphatic carbocycles. The molecule has 5 atom stereocenters. The summed E-state index contributed by atoms with van der Waals surface area (Å²) in [4.78, 5) is 10.5. The fourth-order valence-corrected chi connectivity index (χ4v) is 4.17. The lowest BCUT2D eigenvalue weighted by Gasteiger charge is -2.20. The van der Waals surface area contributed by atoms with E-state index in [-0.39, 0.29) is 18.3 Å². The van der Waals surface area contributed by atoms with Gasteiger partial charge in [0.1, 0.15) is 0 Å². The maximum absolute atomic E-state index is 10.5. The van der Waals surface area contributed by atoms with Crippen LogP contribution in [0.1, 0.15) is 57.4 Å². The van der Waals surface area contributed by atoms with Crippen LogP contribution in [-0.2, 0) is 11.2 Å². The molecule has 0 aliphatic heterocycles. The van der Waals surface area contributed by atoms with Crippen LogP contribution < -0.4 is 0 Å². The number of unbranched alkanes of at least 4 members (excludes halogenated alkanes) is 1. The van der Waals surface area contributed by atoms with Crippen molar-refractivity contribution < 1.29 is 20.1 Å². The maximum atomic E-state index is 10.5. The van der Waals surface area contributed by atoms with E-state index in [1.165, 1.54) is 5.56 Å². The van der Waals surface area contributed by atoms with E-state index in [1.54, 1.807) is 0 Å². The van der Waals surface area contributed by atoms with Gasteiger partial charge in [-0.1, -0.05) is 61.6 Å². The Bertz CT molecular complexity index is 652. The Morgan fingerprint density at radius 3 is 2.62 bits per heavy atom. The standard InChI is InChI=1S/C25H36O4/c1-2-19(14-15-20-10-6-5-7-11-20)16-17-22-21(23(26)18-24(22)27)12-8-3-4-9-13-25(28)29/h3,5-8,10-11,16-17,19,21-24,26-27H,2,4,9,12-15,18H2,1H3,(H,28,29)/b8-3-,17-16+/t19?,21-,22-,23+,24-/m1/s1. The summed E-state index contributed by atoms with van der Waals surface area (Å²) in [6.07, 6.45) is 13.3. The molecule has 0 spiro atoms. The number of aliphatic hydroxyl groups is 2. The highest BCUT2D eigenvalue weighted by molar-refractivity contribution is 5.66. The van der Waals surface area contributed by atoms with Gasteiger partial charge in [-0.15, -0.1) is 0 Å². The first kappa shape index (κ1) is 23.4. The minimum Gasteiger partial charge on any atom is -0.481 e.